The van der Waals surface area contributed by atoms with Gasteiger partial charge in [-0.1, -0.05) is 24.3 Å². The van der Waals surface area contributed by atoms with Gasteiger partial charge in [0, 0.05) is 49.2 Å². The molecule has 2 aromatic carbocycles. The van der Waals surface area contributed by atoms with Crippen LogP contribution in [0.2, 0.25) is 0 Å². The Kier molecular flexibility index (Phi) is 6.97. The minimum absolute atomic E-state index is 0.0800. The molecule has 182 valence electrons. The van der Waals surface area contributed by atoms with E-state index in [9.17, 15) is 9.90 Å². The van der Waals surface area contributed by atoms with Crippen LogP contribution in [0.5, 0.6) is 5.75 Å². The van der Waals surface area contributed by atoms with E-state index in [1.54, 1.807) is 19.5 Å². The van der Waals surface area contributed by atoms with Gasteiger partial charge in [-0.2, -0.15) is 0 Å². The summed E-state index contributed by atoms with van der Waals surface area (Å²) < 4.78 is 5.21. The molecule has 2 saturated heterocycles. The summed E-state index contributed by atoms with van der Waals surface area (Å²) in [4.78, 5) is 21.6. The van der Waals surface area contributed by atoms with Gasteiger partial charge in [-0.05, 0) is 72.5 Å². The lowest BCUT2D eigenvalue weighted by Crippen LogP contribution is -2.68. The number of rotatable bonds is 5. The van der Waals surface area contributed by atoms with Gasteiger partial charge in [0.25, 0.3) is 0 Å². The molecule has 7 nitrogen and oxygen atoms in total. The standard InChI is InChI=1S/C28H32N4O3/c1-35-24-10-8-23(9-11-24)30-28(34)31-16-2-3-17-32-25(18-31)27(26(32)19-33)22-6-4-20(5-7-22)21-12-14-29-15-13-21/h4-15,25-27,33H,2-3,16-19H2,1H3,(H,30,34). The van der Waals surface area contributed by atoms with E-state index in [0.717, 1.165) is 48.5 Å². The third-order valence-electron chi connectivity index (χ3n) is 7.31. The first-order valence-corrected chi connectivity index (χ1v) is 12.2. The lowest BCUT2D eigenvalue weighted by Gasteiger charge is -2.57. The molecule has 0 saturated carbocycles. The van der Waals surface area contributed by atoms with Gasteiger partial charge < -0.3 is 20.1 Å². The van der Waals surface area contributed by atoms with Crippen molar-refractivity contribution in [3.05, 3.63) is 78.6 Å². The molecule has 3 atom stereocenters. The summed E-state index contributed by atoms with van der Waals surface area (Å²) in [6.45, 7) is 2.43. The molecule has 1 aromatic heterocycles. The summed E-state index contributed by atoms with van der Waals surface area (Å²) >= 11 is 0. The molecule has 3 heterocycles. The van der Waals surface area contributed by atoms with E-state index in [-0.39, 0.29) is 30.6 Å². The molecule has 35 heavy (non-hydrogen) atoms. The molecule has 0 radical (unpaired) electrons. The van der Waals surface area contributed by atoms with Gasteiger partial charge in [0.15, 0.2) is 0 Å². The summed E-state index contributed by atoms with van der Waals surface area (Å²) in [7, 11) is 1.63. The van der Waals surface area contributed by atoms with Crippen molar-refractivity contribution in [2.45, 2.75) is 30.8 Å². The molecular formula is C28H32N4O3. The van der Waals surface area contributed by atoms with E-state index in [0.29, 0.717) is 6.54 Å². The number of nitrogens with one attached hydrogen (secondary N) is 1. The van der Waals surface area contributed by atoms with E-state index >= 15 is 0 Å². The van der Waals surface area contributed by atoms with Crippen molar-refractivity contribution in [1.82, 2.24) is 14.8 Å². The van der Waals surface area contributed by atoms with Gasteiger partial charge in [-0.25, -0.2) is 4.79 Å². The van der Waals surface area contributed by atoms with Crippen LogP contribution in [0.15, 0.2) is 73.1 Å². The molecule has 2 aliphatic rings. The Morgan fingerprint density at radius 1 is 1.00 bits per heavy atom. The molecule has 2 N–H and O–H groups in total. The number of carbonyl (C=O) groups excluding carboxylic acids is 1. The molecule has 0 spiro atoms. The molecule has 0 bridgehead atoms. The van der Waals surface area contributed by atoms with Gasteiger partial charge in [-0.3, -0.25) is 9.88 Å². The number of aromatic nitrogens is 1. The maximum Gasteiger partial charge on any atom is 0.321 e. The van der Waals surface area contributed by atoms with Gasteiger partial charge in [0.2, 0.25) is 0 Å². The number of methoxy groups -OCH3 is 1. The van der Waals surface area contributed by atoms with Crippen molar-refractivity contribution in [3.63, 3.8) is 0 Å². The highest BCUT2D eigenvalue weighted by Gasteiger charge is 2.49. The highest BCUT2D eigenvalue weighted by Crippen LogP contribution is 2.42. The number of pyridine rings is 1. The predicted molar refractivity (Wildman–Crippen MR) is 137 cm³/mol. The molecule has 5 rings (SSSR count). The zero-order valence-electron chi connectivity index (χ0n) is 20.0. The summed E-state index contributed by atoms with van der Waals surface area (Å²) in [6.07, 6.45) is 5.56. The largest absolute Gasteiger partial charge is 0.497 e. The Bertz CT molecular complexity index is 1120. The van der Waals surface area contributed by atoms with E-state index in [1.807, 2.05) is 41.3 Å². The summed E-state index contributed by atoms with van der Waals surface area (Å²) in [5.41, 5.74) is 4.23. The lowest BCUT2D eigenvalue weighted by atomic mass is 9.74. The smallest absolute Gasteiger partial charge is 0.321 e. The van der Waals surface area contributed by atoms with Crippen LogP contribution < -0.4 is 10.1 Å². The van der Waals surface area contributed by atoms with Crippen LogP contribution in [0, 0.1) is 0 Å². The molecule has 3 aromatic rings. The minimum atomic E-state index is -0.0868. The van der Waals surface area contributed by atoms with Crippen LogP contribution in [0.4, 0.5) is 10.5 Å². The molecular weight excluding hydrogens is 440 g/mol. The van der Waals surface area contributed by atoms with Crippen LogP contribution in [0.1, 0.15) is 24.3 Å². The Balaban J connectivity index is 1.32. The van der Waals surface area contributed by atoms with E-state index < -0.39 is 0 Å². The fraction of sp³-hybridized carbons (Fsp3) is 0.357. The second kappa shape index (κ2) is 10.5. The third kappa shape index (κ3) is 4.88. The van der Waals surface area contributed by atoms with Crippen LogP contribution in [0.25, 0.3) is 11.1 Å². The Morgan fingerprint density at radius 3 is 2.37 bits per heavy atom. The first-order valence-electron chi connectivity index (χ1n) is 12.2. The Hall–Kier alpha value is -3.42. The second-order valence-corrected chi connectivity index (χ2v) is 9.25. The van der Waals surface area contributed by atoms with Crippen molar-refractivity contribution in [1.29, 1.82) is 0 Å². The van der Waals surface area contributed by atoms with Gasteiger partial charge in [0.05, 0.1) is 13.7 Å². The van der Waals surface area contributed by atoms with Gasteiger partial charge >= 0.3 is 6.03 Å². The van der Waals surface area contributed by atoms with E-state index in [1.165, 1.54) is 5.56 Å². The fourth-order valence-electron chi connectivity index (χ4n) is 5.44. The number of carbonyl (C=O) groups is 1. The SMILES string of the molecule is COc1ccc(NC(=O)N2CCCCN3C(CO)C(c4ccc(-c5ccncc5)cc4)C3C2)cc1. The maximum atomic E-state index is 13.2. The quantitative estimate of drug-likeness (QED) is 0.582. The van der Waals surface area contributed by atoms with Crippen molar-refractivity contribution in [2.75, 3.05) is 38.7 Å². The molecule has 3 unspecified atom stereocenters. The molecule has 2 fully saturated rings. The third-order valence-corrected chi connectivity index (χ3v) is 7.31. The monoisotopic (exact) mass is 472 g/mol. The van der Waals surface area contributed by atoms with Crippen molar-refractivity contribution < 1.29 is 14.6 Å². The zero-order chi connectivity index (χ0) is 24.2. The average molecular weight is 473 g/mol. The number of benzene rings is 2. The zero-order valence-corrected chi connectivity index (χ0v) is 20.0. The van der Waals surface area contributed by atoms with E-state index in [4.69, 9.17) is 4.74 Å². The summed E-state index contributed by atoms with van der Waals surface area (Å²) in [6, 6.07) is 20.2. The highest BCUT2D eigenvalue weighted by atomic mass is 16.5. The van der Waals surface area contributed by atoms with Gasteiger partial charge in [-0.15, -0.1) is 0 Å². The number of hydrogen-bond donors (Lipinski definition) is 2. The van der Waals surface area contributed by atoms with E-state index in [2.05, 4.69) is 39.5 Å². The number of aliphatic hydroxyl groups excluding tert-OH is 1. The maximum absolute atomic E-state index is 13.2. The number of amides is 2. The van der Waals surface area contributed by atoms with Crippen LogP contribution in [0.3, 0.4) is 0 Å². The second-order valence-electron chi connectivity index (χ2n) is 9.25. The molecule has 2 aliphatic heterocycles. The molecule has 2 amide bonds. The summed E-state index contributed by atoms with van der Waals surface area (Å²) in [5, 5.41) is 13.2. The first-order chi connectivity index (χ1) is 17.2. The average Bonchev–Trinajstić information content (AvgIpc) is 2.89. The van der Waals surface area contributed by atoms with Crippen LogP contribution in [-0.4, -0.2) is 71.4 Å². The number of ether oxygens (including phenoxy) is 1. The molecule has 0 aliphatic carbocycles. The first kappa shape index (κ1) is 23.3. The van der Waals surface area contributed by atoms with Gasteiger partial charge in [0.1, 0.15) is 5.75 Å². The predicted octanol–water partition coefficient (Wildman–Crippen LogP) is 4.21. The minimum Gasteiger partial charge on any atom is -0.497 e. The van der Waals surface area contributed by atoms with Crippen molar-refractivity contribution in [2.24, 2.45) is 0 Å². The Morgan fingerprint density at radius 2 is 1.69 bits per heavy atom. The Labute approximate surface area is 206 Å². The number of nitrogens with zero attached hydrogens (tertiary/aromatic N) is 3. The normalized spacial score (nSPS) is 22.3. The van der Waals surface area contributed by atoms with Crippen LogP contribution in [-0.2, 0) is 0 Å². The summed E-state index contributed by atoms with van der Waals surface area (Å²) in [5.74, 6) is 0.938. The number of anilines is 1. The topological polar surface area (TPSA) is 77.9 Å². The number of aliphatic hydroxyl groups is 1. The fourth-order valence-corrected chi connectivity index (χ4v) is 5.44. The number of fused-ring (bicyclic) bond motifs is 1. The number of hydrogen-bond acceptors (Lipinski definition) is 5. The van der Waals surface area contributed by atoms with Crippen LogP contribution >= 0.6 is 0 Å². The van der Waals surface area contributed by atoms with Crippen molar-refractivity contribution >= 4 is 11.7 Å². The highest BCUT2D eigenvalue weighted by molar-refractivity contribution is 5.89. The molecule has 7 heteroatoms. The lowest BCUT2D eigenvalue weighted by molar-refractivity contribution is -0.0585. The van der Waals surface area contributed by atoms with Crippen molar-refractivity contribution in [3.8, 4) is 16.9 Å². The number of urea groups is 1.